The van der Waals surface area contributed by atoms with Crippen LogP contribution in [-0.2, 0) is 16.0 Å². The Morgan fingerprint density at radius 3 is 2.40 bits per heavy atom. The number of halogens is 3. The molecule has 1 N–H and O–H groups in total. The van der Waals surface area contributed by atoms with Crippen LogP contribution in [0.4, 0.5) is 13.2 Å². The van der Waals surface area contributed by atoms with Gasteiger partial charge in [-0.3, -0.25) is 0 Å². The van der Waals surface area contributed by atoms with Gasteiger partial charge in [0.15, 0.2) is 9.84 Å². The standard InChI is InChI=1S/C13H16F3NO2S/c1-17-11(9-6-7-9)8-20(18,19)12-5-3-2-4-10(12)13(14,15)16/h2-5,9,11,17H,6-8H2,1H3. The van der Waals surface area contributed by atoms with Crippen LogP contribution in [0.15, 0.2) is 29.2 Å². The summed E-state index contributed by atoms with van der Waals surface area (Å²) < 4.78 is 63.2. The lowest BCUT2D eigenvalue weighted by atomic mass is 10.2. The number of nitrogens with one attached hydrogen (secondary N) is 1. The van der Waals surface area contributed by atoms with E-state index in [0.717, 1.165) is 25.0 Å². The molecule has 0 aliphatic heterocycles. The van der Waals surface area contributed by atoms with E-state index in [4.69, 9.17) is 0 Å². The topological polar surface area (TPSA) is 46.2 Å². The predicted molar refractivity (Wildman–Crippen MR) is 69.1 cm³/mol. The van der Waals surface area contributed by atoms with Gasteiger partial charge in [0.1, 0.15) is 0 Å². The highest BCUT2D eigenvalue weighted by molar-refractivity contribution is 7.91. The first-order chi connectivity index (χ1) is 9.25. The van der Waals surface area contributed by atoms with E-state index in [1.807, 2.05) is 0 Å². The summed E-state index contributed by atoms with van der Waals surface area (Å²) >= 11 is 0. The van der Waals surface area contributed by atoms with Crippen molar-refractivity contribution in [2.24, 2.45) is 5.92 Å². The zero-order valence-electron chi connectivity index (χ0n) is 10.9. The van der Waals surface area contributed by atoms with Crippen LogP contribution >= 0.6 is 0 Å². The molecule has 1 saturated carbocycles. The summed E-state index contributed by atoms with van der Waals surface area (Å²) in [5.74, 6) is -0.0610. The van der Waals surface area contributed by atoms with E-state index in [-0.39, 0.29) is 17.7 Å². The number of benzene rings is 1. The maximum Gasteiger partial charge on any atom is 0.417 e. The maximum absolute atomic E-state index is 12.9. The summed E-state index contributed by atoms with van der Waals surface area (Å²) in [6.45, 7) is 0. The molecule has 1 aliphatic carbocycles. The molecule has 1 atom stereocenters. The van der Waals surface area contributed by atoms with Crippen LogP contribution in [0.1, 0.15) is 18.4 Å². The Labute approximate surface area is 116 Å². The molecule has 3 nitrogen and oxygen atoms in total. The second-order valence-electron chi connectivity index (χ2n) is 5.01. The number of sulfone groups is 1. The van der Waals surface area contributed by atoms with Gasteiger partial charge in [-0.05, 0) is 37.9 Å². The van der Waals surface area contributed by atoms with Gasteiger partial charge in [-0.25, -0.2) is 8.42 Å². The lowest BCUT2D eigenvalue weighted by molar-refractivity contribution is -0.139. The molecule has 1 unspecified atom stereocenters. The number of hydrogen-bond acceptors (Lipinski definition) is 3. The summed E-state index contributed by atoms with van der Waals surface area (Å²) in [5, 5.41) is 2.89. The molecule has 0 amide bonds. The zero-order chi connectivity index (χ0) is 15.0. The van der Waals surface area contributed by atoms with Crippen LogP contribution in [0, 0.1) is 5.92 Å². The van der Waals surface area contributed by atoms with Crippen molar-refractivity contribution in [3.8, 4) is 0 Å². The molecule has 7 heteroatoms. The molecular weight excluding hydrogens is 291 g/mol. The van der Waals surface area contributed by atoms with Gasteiger partial charge < -0.3 is 5.32 Å². The fourth-order valence-corrected chi connectivity index (χ4v) is 4.15. The van der Waals surface area contributed by atoms with Gasteiger partial charge in [-0.2, -0.15) is 13.2 Å². The smallest absolute Gasteiger partial charge is 0.316 e. The minimum absolute atomic E-state index is 0.243. The Morgan fingerprint density at radius 2 is 1.90 bits per heavy atom. The van der Waals surface area contributed by atoms with E-state index in [1.165, 1.54) is 12.1 Å². The van der Waals surface area contributed by atoms with Crippen LogP contribution in [0.5, 0.6) is 0 Å². The Balaban J connectivity index is 2.34. The Bertz CT molecular complexity index is 580. The minimum Gasteiger partial charge on any atom is -0.316 e. The number of hydrogen-bond donors (Lipinski definition) is 1. The van der Waals surface area contributed by atoms with Crippen molar-refractivity contribution >= 4 is 9.84 Å². The summed E-state index contributed by atoms with van der Waals surface area (Å²) in [6, 6.07) is 4.04. The molecule has 2 rings (SSSR count). The molecular formula is C13H16F3NO2S. The van der Waals surface area contributed by atoms with Crippen LogP contribution < -0.4 is 5.32 Å². The largest absolute Gasteiger partial charge is 0.417 e. The van der Waals surface area contributed by atoms with Crippen molar-refractivity contribution in [1.29, 1.82) is 0 Å². The second-order valence-corrected chi connectivity index (χ2v) is 7.01. The Hall–Kier alpha value is -1.08. The van der Waals surface area contributed by atoms with E-state index in [1.54, 1.807) is 7.05 Å². The van der Waals surface area contributed by atoms with Crippen molar-refractivity contribution in [2.75, 3.05) is 12.8 Å². The molecule has 0 heterocycles. The number of alkyl halides is 3. The predicted octanol–water partition coefficient (Wildman–Crippen LogP) is 2.48. The molecule has 0 aromatic heterocycles. The van der Waals surface area contributed by atoms with E-state index in [0.29, 0.717) is 0 Å². The summed E-state index contributed by atoms with van der Waals surface area (Å²) in [4.78, 5) is -0.631. The van der Waals surface area contributed by atoms with E-state index in [2.05, 4.69) is 5.32 Å². The van der Waals surface area contributed by atoms with Crippen molar-refractivity contribution in [1.82, 2.24) is 5.32 Å². The van der Waals surface area contributed by atoms with Gasteiger partial charge in [-0.15, -0.1) is 0 Å². The van der Waals surface area contributed by atoms with Crippen molar-refractivity contribution in [2.45, 2.75) is 30.0 Å². The fourth-order valence-electron chi connectivity index (χ4n) is 2.25. The first-order valence-electron chi connectivity index (χ1n) is 6.32. The van der Waals surface area contributed by atoms with E-state index in [9.17, 15) is 21.6 Å². The Kier molecular flexibility index (Phi) is 4.11. The molecule has 0 spiro atoms. The average molecular weight is 307 g/mol. The highest BCUT2D eigenvalue weighted by Gasteiger charge is 2.39. The van der Waals surface area contributed by atoms with Gasteiger partial charge >= 0.3 is 6.18 Å². The highest BCUT2D eigenvalue weighted by atomic mass is 32.2. The third-order valence-corrected chi connectivity index (χ3v) is 5.31. The monoisotopic (exact) mass is 307 g/mol. The van der Waals surface area contributed by atoms with Crippen LogP contribution in [-0.4, -0.2) is 27.3 Å². The average Bonchev–Trinajstić information content (AvgIpc) is 3.19. The lowest BCUT2D eigenvalue weighted by Crippen LogP contribution is -2.35. The molecule has 0 bridgehead atoms. The van der Waals surface area contributed by atoms with Crippen LogP contribution in [0.3, 0.4) is 0 Å². The van der Waals surface area contributed by atoms with Gasteiger partial charge in [0.2, 0.25) is 0 Å². The molecule has 1 aromatic rings. The molecule has 20 heavy (non-hydrogen) atoms. The fraction of sp³-hybridized carbons (Fsp3) is 0.538. The first-order valence-corrected chi connectivity index (χ1v) is 7.97. The van der Waals surface area contributed by atoms with Crippen LogP contribution in [0.25, 0.3) is 0 Å². The molecule has 112 valence electrons. The SMILES string of the molecule is CNC(CS(=O)(=O)c1ccccc1C(F)(F)F)C1CC1. The van der Waals surface area contributed by atoms with Crippen LogP contribution in [0.2, 0.25) is 0 Å². The second kappa shape index (κ2) is 5.37. The molecule has 1 fully saturated rings. The van der Waals surface area contributed by atoms with Crippen molar-refractivity contribution in [3.05, 3.63) is 29.8 Å². The molecule has 1 aromatic carbocycles. The quantitative estimate of drug-likeness (QED) is 0.909. The minimum atomic E-state index is -4.67. The normalized spacial score (nSPS) is 18.0. The van der Waals surface area contributed by atoms with Crippen molar-refractivity contribution in [3.63, 3.8) is 0 Å². The maximum atomic E-state index is 12.9. The molecule has 1 aliphatic rings. The Morgan fingerprint density at radius 1 is 1.30 bits per heavy atom. The molecule has 0 radical (unpaired) electrons. The van der Waals surface area contributed by atoms with E-state index >= 15 is 0 Å². The highest BCUT2D eigenvalue weighted by Crippen LogP contribution is 2.37. The van der Waals surface area contributed by atoms with Gasteiger partial charge in [0, 0.05) is 6.04 Å². The van der Waals surface area contributed by atoms with Gasteiger partial charge in [0.25, 0.3) is 0 Å². The zero-order valence-corrected chi connectivity index (χ0v) is 11.8. The number of rotatable bonds is 5. The first kappa shape index (κ1) is 15.3. The summed E-state index contributed by atoms with van der Waals surface area (Å²) in [6.07, 6.45) is -2.83. The van der Waals surface area contributed by atoms with Gasteiger partial charge in [-0.1, -0.05) is 12.1 Å². The third kappa shape index (κ3) is 3.32. The van der Waals surface area contributed by atoms with Crippen molar-refractivity contribution < 1.29 is 21.6 Å². The summed E-state index contributed by atoms with van der Waals surface area (Å²) in [7, 11) is -2.34. The molecule has 0 saturated heterocycles. The lowest BCUT2D eigenvalue weighted by Gasteiger charge is -2.18. The van der Waals surface area contributed by atoms with E-state index < -0.39 is 26.5 Å². The van der Waals surface area contributed by atoms with Gasteiger partial charge in [0.05, 0.1) is 16.2 Å². The third-order valence-electron chi connectivity index (χ3n) is 3.49. The summed E-state index contributed by atoms with van der Waals surface area (Å²) in [5.41, 5.74) is -1.09.